The Morgan fingerprint density at radius 3 is 1.65 bits per heavy atom. The largest absolute Gasteiger partial charge is 0.396 e. The second-order valence-corrected chi connectivity index (χ2v) is 5.45. The van der Waals surface area contributed by atoms with Crippen LogP contribution >= 0.6 is 0 Å². The zero-order valence-electron chi connectivity index (χ0n) is 11.5. The molecule has 2 heteroatoms. The highest BCUT2D eigenvalue weighted by molar-refractivity contribution is 4.65. The molecule has 0 saturated carbocycles. The third-order valence-electron chi connectivity index (χ3n) is 3.83. The first-order chi connectivity index (χ1) is 8.43. The minimum absolute atomic E-state index is 0.372. The van der Waals surface area contributed by atoms with E-state index in [1.807, 2.05) is 0 Å². The van der Waals surface area contributed by atoms with Crippen molar-refractivity contribution in [3.05, 3.63) is 0 Å². The summed E-state index contributed by atoms with van der Waals surface area (Å²) in [5.41, 5.74) is 0. The second-order valence-electron chi connectivity index (χ2n) is 5.45. The van der Waals surface area contributed by atoms with E-state index < -0.39 is 0 Å². The van der Waals surface area contributed by atoms with Crippen molar-refractivity contribution in [2.75, 3.05) is 26.2 Å². The van der Waals surface area contributed by atoms with Gasteiger partial charge in [-0.15, -0.1) is 0 Å². The first-order valence-corrected chi connectivity index (χ1v) is 7.76. The van der Waals surface area contributed by atoms with Gasteiger partial charge < -0.3 is 10.0 Å². The van der Waals surface area contributed by atoms with Gasteiger partial charge in [0.05, 0.1) is 0 Å². The summed E-state index contributed by atoms with van der Waals surface area (Å²) in [6.07, 6.45) is 14.8. The van der Waals surface area contributed by atoms with E-state index in [-0.39, 0.29) is 0 Å². The SMILES string of the molecule is OCCCCCCCCCCCN1CCCC1. The van der Waals surface area contributed by atoms with Crippen LogP contribution in [0.2, 0.25) is 0 Å². The van der Waals surface area contributed by atoms with Gasteiger partial charge in [0.1, 0.15) is 0 Å². The van der Waals surface area contributed by atoms with Gasteiger partial charge in [0, 0.05) is 6.61 Å². The van der Waals surface area contributed by atoms with Crippen molar-refractivity contribution >= 4 is 0 Å². The summed E-state index contributed by atoms with van der Waals surface area (Å²) in [5.74, 6) is 0. The highest BCUT2D eigenvalue weighted by atomic mass is 16.2. The van der Waals surface area contributed by atoms with E-state index >= 15 is 0 Å². The van der Waals surface area contributed by atoms with Crippen LogP contribution in [0.1, 0.15) is 70.6 Å². The van der Waals surface area contributed by atoms with Crippen LogP contribution in [0.15, 0.2) is 0 Å². The molecule has 2 nitrogen and oxygen atoms in total. The number of unbranched alkanes of at least 4 members (excludes halogenated alkanes) is 8. The fraction of sp³-hybridized carbons (Fsp3) is 1.00. The zero-order chi connectivity index (χ0) is 12.2. The van der Waals surface area contributed by atoms with Crippen LogP contribution in [0.5, 0.6) is 0 Å². The number of hydrogen-bond donors (Lipinski definition) is 1. The quantitative estimate of drug-likeness (QED) is 0.559. The molecular weight excluding hydrogens is 210 g/mol. The van der Waals surface area contributed by atoms with Gasteiger partial charge in [0.15, 0.2) is 0 Å². The van der Waals surface area contributed by atoms with Gasteiger partial charge in [-0.1, -0.05) is 44.9 Å². The summed E-state index contributed by atoms with van der Waals surface area (Å²) in [6, 6.07) is 0. The highest BCUT2D eigenvalue weighted by Gasteiger charge is 2.09. The fourth-order valence-corrected chi connectivity index (χ4v) is 2.69. The maximum Gasteiger partial charge on any atom is 0.0431 e. The van der Waals surface area contributed by atoms with E-state index in [1.165, 1.54) is 83.8 Å². The summed E-state index contributed by atoms with van der Waals surface area (Å²) >= 11 is 0. The van der Waals surface area contributed by atoms with E-state index in [2.05, 4.69) is 4.90 Å². The molecule has 0 aromatic heterocycles. The minimum atomic E-state index is 0.372. The molecular formula is C15H31NO. The molecule has 0 amide bonds. The van der Waals surface area contributed by atoms with Crippen LogP contribution in [-0.4, -0.2) is 36.2 Å². The molecule has 0 radical (unpaired) electrons. The molecule has 102 valence electrons. The summed E-state index contributed by atoms with van der Waals surface area (Å²) in [7, 11) is 0. The average molecular weight is 241 g/mol. The van der Waals surface area contributed by atoms with E-state index in [9.17, 15) is 0 Å². The van der Waals surface area contributed by atoms with Gasteiger partial charge in [-0.25, -0.2) is 0 Å². The van der Waals surface area contributed by atoms with Gasteiger partial charge >= 0.3 is 0 Å². The fourth-order valence-electron chi connectivity index (χ4n) is 2.69. The Morgan fingerprint density at radius 1 is 0.647 bits per heavy atom. The van der Waals surface area contributed by atoms with Gasteiger partial charge in [-0.2, -0.15) is 0 Å². The number of likely N-dealkylation sites (tertiary alicyclic amines) is 1. The van der Waals surface area contributed by atoms with Crippen LogP contribution in [0.25, 0.3) is 0 Å². The smallest absolute Gasteiger partial charge is 0.0431 e. The summed E-state index contributed by atoms with van der Waals surface area (Å²) < 4.78 is 0. The van der Waals surface area contributed by atoms with Gasteiger partial charge in [0.25, 0.3) is 0 Å². The van der Waals surface area contributed by atoms with E-state index in [0.717, 1.165) is 6.42 Å². The molecule has 0 spiro atoms. The Hall–Kier alpha value is -0.0800. The first kappa shape index (κ1) is 15.0. The lowest BCUT2D eigenvalue weighted by molar-refractivity contribution is 0.282. The van der Waals surface area contributed by atoms with E-state index in [0.29, 0.717) is 6.61 Å². The Labute approximate surface area is 107 Å². The van der Waals surface area contributed by atoms with Crippen LogP contribution in [0.3, 0.4) is 0 Å². The van der Waals surface area contributed by atoms with Crippen LogP contribution in [0.4, 0.5) is 0 Å². The molecule has 0 atom stereocenters. The molecule has 1 saturated heterocycles. The van der Waals surface area contributed by atoms with Gasteiger partial charge in [-0.3, -0.25) is 0 Å². The number of aliphatic hydroxyl groups excluding tert-OH is 1. The van der Waals surface area contributed by atoms with Crippen molar-refractivity contribution in [3.8, 4) is 0 Å². The predicted molar refractivity (Wildman–Crippen MR) is 74.3 cm³/mol. The number of rotatable bonds is 11. The van der Waals surface area contributed by atoms with Crippen LogP contribution < -0.4 is 0 Å². The molecule has 0 aromatic rings. The molecule has 1 aliphatic rings. The lowest BCUT2D eigenvalue weighted by Crippen LogP contribution is -2.20. The van der Waals surface area contributed by atoms with Crippen molar-refractivity contribution in [1.29, 1.82) is 0 Å². The minimum Gasteiger partial charge on any atom is -0.396 e. The van der Waals surface area contributed by atoms with Gasteiger partial charge in [0.2, 0.25) is 0 Å². The van der Waals surface area contributed by atoms with Crippen molar-refractivity contribution < 1.29 is 5.11 Å². The average Bonchev–Trinajstić information content (AvgIpc) is 2.85. The van der Waals surface area contributed by atoms with Crippen molar-refractivity contribution in [2.45, 2.75) is 70.6 Å². The molecule has 0 aliphatic carbocycles. The standard InChI is InChI=1S/C15H31NO/c17-15-11-7-5-3-1-2-4-6-8-12-16-13-9-10-14-16/h17H,1-15H2. The third kappa shape index (κ3) is 8.62. The second kappa shape index (κ2) is 11.0. The monoisotopic (exact) mass is 241 g/mol. The highest BCUT2D eigenvalue weighted by Crippen LogP contribution is 2.12. The van der Waals surface area contributed by atoms with Crippen molar-refractivity contribution in [2.24, 2.45) is 0 Å². The Bertz CT molecular complexity index is 155. The molecule has 1 aliphatic heterocycles. The molecule has 0 unspecified atom stereocenters. The number of hydrogen-bond acceptors (Lipinski definition) is 2. The predicted octanol–water partition coefficient (Wildman–Crippen LogP) is 3.59. The topological polar surface area (TPSA) is 23.5 Å². The number of aliphatic hydroxyl groups is 1. The zero-order valence-corrected chi connectivity index (χ0v) is 11.5. The maximum absolute atomic E-state index is 8.65. The van der Waals surface area contributed by atoms with E-state index in [1.54, 1.807) is 0 Å². The maximum atomic E-state index is 8.65. The molecule has 17 heavy (non-hydrogen) atoms. The third-order valence-corrected chi connectivity index (χ3v) is 3.83. The Balaban J connectivity index is 1.69. The lowest BCUT2D eigenvalue weighted by atomic mass is 10.1. The summed E-state index contributed by atoms with van der Waals surface area (Å²) in [5, 5.41) is 8.65. The van der Waals surface area contributed by atoms with Crippen molar-refractivity contribution in [1.82, 2.24) is 4.90 Å². The van der Waals surface area contributed by atoms with Crippen LogP contribution in [0, 0.1) is 0 Å². The summed E-state index contributed by atoms with van der Waals surface area (Å²) in [4.78, 5) is 2.62. The molecule has 1 N–H and O–H groups in total. The molecule has 1 fully saturated rings. The molecule has 0 bridgehead atoms. The summed E-state index contributed by atoms with van der Waals surface area (Å²) in [6.45, 7) is 4.42. The number of nitrogens with zero attached hydrogens (tertiary/aromatic N) is 1. The Kier molecular flexibility index (Phi) is 9.72. The van der Waals surface area contributed by atoms with E-state index in [4.69, 9.17) is 5.11 Å². The van der Waals surface area contributed by atoms with Crippen LogP contribution in [-0.2, 0) is 0 Å². The molecule has 0 aromatic carbocycles. The molecule has 1 heterocycles. The lowest BCUT2D eigenvalue weighted by Gasteiger charge is -2.13. The normalized spacial score (nSPS) is 16.8. The molecule has 1 rings (SSSR count). The Morgan fingerprint density at radius 2 is 1.12 bits per heavy atom. The first-order valence-electron chi connectivity index (χ1n) is 7.76. The van der Waals surface area contributed by atoms with Crippen molar-refractivity contribution in [3.63, 3.8) is 0 Å². The van der Waals surface area contributed by atoms with Gasteiger partial charge in [-0.05, 0) is 45.3 Å².